The molecule has 0 bridgehead atoms. The maximum atomic E-state index is 12.7. The Balaban J connectivity index is 1.84. The smallest absolute Gasteiger partial charge is 0.341 e. The number of sulfonamides is 1. The summed E-state index contributed by atoms with van der Waals surface area (Å²) in [4.78, 5) is 10.5. The van der Waals surface area contributed by atoms with E-state index in [9.17, 15) is 13.2 Å². The highest BCUT2D eigenvalue weighted by atomic mass is 35.5. The molecule has 1 heterocycles. The molecule has 0 aliphatic rings. The van der Waals surface area contributed by atoms with Crippen LogP contribution in [-0.2, 0) is 14.8 Å². The number of hydrogen-bond donors (Lipinski definition) is 2. The molecular formula is C19H18ClN3O5S. The van der Waals surface area contributed by atoms with Crippen molar-refractivity contribution in [2.24, 2.45) is 0 Å². The second-order valence-electron chi connectivity index (χ2n) is 6.27. The van der Waals surface area contributed by atoms with Crippen molar-refractivity contribution in [2.75, 3.05) is 11.3 Å². The molecule has 0 saturated heterocycles. The van der Waals surface area contributed by atoms with Gasteiger partial charge in [-0.3, -0.25) is 4.72 Å². The molecule has 0 radical (unpaired) electrons. The van der Waals surface area contributed by atoms with Crippen molar-refractivity contribution in [2.45, 2.75) is 18.7 Å². The summed E-state index contributed by atoms with van der Waals surface area (Å²) < 4.78 is 34.7. The van der Waals surface area contributed by atoms with Crippen molar-refractivity contribution >= 4 is 33.3 Å². The van der Waals surface area contributed by atoms with E-state index in [1.165, 1.54) is 18.2 Å². The van der Waals surface area contributed by atoms with Gasteiger partial charge in [-0.05, 0) is 56.3 Å². The molecule has 29 heavy (non-hydrogen) atoms. The van der Waals surface area contributed by atoms with Crippen LogP contribution in [0.15, 0.2) is 53.4 Å². The normalized spacial score (nSPS) is 11.3. The van der Waals surface area contributed by atoms with E-state index in [1.807, 2.05) is 26.0 Å². The summed E-state index contributed by atoms with van der Waals surface area (Å²) in [7, 11) is -3.92. The standard InChI is InChI=1S/C19H18ClN3O5S/c1-12-8-13(2)23(21-12)15-5-3-4-14(9-15)22-29(26,27)16-6-7-18(17(20)10-16)28-11-19(24)25/h3-10,22H,11H2,1-2H3,(H,24,25). The number of carboxylic acids is 1. The molecule has 0 unspecified atom stereocenters. The molecule has 3 rings (SSSR count). The summed E-state index contributed by atoms with van der Waals surface area (Å²) >= 11 is 6.03. The Bertz CT molecular complexity index is 1170. The number of aliphatic carboxylic acids is 1. The van der Waals surface area contributed by atoms with E-state index in [0.29, 0.717) is 11.4 Å². The third kappa shape index (κ3) is 4.87. The highest BCUT2D eigenvalue weighted by Gasteiger charge is 2.17. The van der Waals surface area contributed by atoms with Crippen molar-refractivity contribution in [1.82, 2.24) is 9.78 Å². The van der Waals surface area contributed by atoms with Crippen molar-refractivity contribution in [3.8, 4) is 11.4 Å². The van der Waals surface area contributed by atoms with Gasteiger partial charge in [0.15, 0.2) is 6.61 Å². The molecule has 1 aromatic heterocycles. The summed E-state index contributed by atoms with van der Waals surface area (Å²) in [6.07, 6.45) is 0. The summed E-state index contributed by atoms with van der Waals surface area (Å²) in [6, 6.07) is 12.6. The first kappa shape index (κ1) is 20.7. The lowest BCUT2D eigenvalue weighted by Crippen LogP contribution is -2.14. The summed E-state index contributed by atoms with van der Waals surface area (Å²) in [5, 5.41) is 13.0. The van der Waals surface area contributed by atoms with Gasteiger partial charge in [-0.15, -0.1) is 0 Å². The molecule has 0 fully saturated rings. The van der Waals surface area contributed by atoms with Gasteiger partial charge in [0.2, 0.25) is 0 Å². The van der Waals surface area contributed by atoms with Crippen LogP contribution in [0.5, 0.6) is 5.75 Å². The lowest BCUT2D eigenvalue weighted by molar-refractivity contribution is -0.139. The zero-order chi connectivity index (χ0) is 21.2. The Labute approximate surface area is 172 Å². The minimum Gasteiger partial charge on any atom is -0.480 e. The number of hydrogen-bond acceptors (Lipinski definition) is 5. The Morgan fingerprint density at radius 2 is 1.97 bits per heavy atom. The quantitative estimate of drug-likeness (QED) is 0.588. The number of halogens is 1. The topological polar surface area (TPSA) is 111 Å². The number of ether oxygens (including phenoxy) is 1. The zero-order valence-corrected chi connectivity index (χ0v) is 17.2. The molecule has 0 aliphatic heterocycles. The van der Waals surface area contributed by atoms with Crippen LogP contribution in [0.25, 0.3) is 5.69 Å². The van der Waals surface area contributed by atoms with Crippen molar-refractivity contribution in [3.63, 3.8) is 0 Å². The van der Waals surface area contributed by atoms with Crippen LogP contribution < -0.4 is 9.46 Å². The average molecular weight is 436 g/mol. The first-order chi connectivity index (χ1) is 13.7. The number of aryl methyl sites for hydroxylation is 2. The maximum Gasteiger partial charge on any atom is 0.341 e. The van der Waals surface area contributed by atoms with Gasteiger partial charge in [-0.2, -0.15) is 5.10 Å². The molecule has 152 valence electrons. The highest BCUT2D eigenvalue weighted by Crippen LogP contribution is 2.28. The molecule has 0 spiro atoms. The lowest BCUT2D eigenvalue weighted by atomic mass is 10.3. The molecule has 0 aliphatic carbocycles. The predicted molar refractivity (Wildman–Crippen MR) is 108 cm³/mol. The minimum atomic E-state index is -3.92. The molecule has 10 heteroatoms. The number of aromatic nitrogens is 2. The number of nitrogens with one attached hydrogen (secondary N) is 1. The van der Waals surface area contributed by atoms with Gasteiger partial charge in [0, 0.05) is 5.69 Å². The zero-order valence-electron chi connectivity index (χ0n) is 15.6. The van der Waals surface area contributed by atoms with E-state index in [4.69, 9.17) is 21.4 Å². The van der Waals surface area contributed by atoms with Gasteiger partial charge in [-0.25, -0.2) is 17.9 Å². The van der Waals surface area contributed by atoms with Crippen LogP contribution in [-0.4, -0.2) is 35.9 Å². The predicted octanol–water partition coefficient (Wildman–Crippen LogP) is 3.41. The van der Waals surface area contributed by atoms with Gasteiger partial charge in [0.1, 0.15) is 5.75 Å². The van der Waals surface area contributed by atoms with Crippen LogP contribution in [0.3, 0.4) is 0 Å². The summed E-state index contributed by atoms with van der Waals surface area (Å²) in [5.74, 6) is -1.08. The van der Waals surface area contributed by atoms with Crippen molar-refractivity contribution < 1.29 is 23.1 Å². The van der Waals surface area contributed by atoms with Crippen LogP contribution in [0, 0.1) is 13.8 Å². The van der Waals surface area contributed by atoms with E-state index in [0.717, 1.165) is 11.4 Å². The third-order valence-electron chi connectivity index (χ3n) is 3.92. The van der Waals surface area contributed by atoms with E-state index in [-0.39, 0.29) is 15.7 Å². The Morgan fingerprint density at radius 3 is 2.59 bits per heavy atom. The molecule has 8 nitrogen and oxygen atoms in total. The number of carboxylic acid groups (broad SMARTS) is 1. The number of rotatable bonds is 7. The Morgan fingerprint density at radius 1 is 1.21 bits per heavy atom. The van der Waals surface area contributed by atoms with Gasteiger partial charge in [0.05, 0.1) is 27.0 Å². The first-order valence-electron chi connectivity index (χ1n) is 8.46. The molecule has 3 aromatic rings. The van der Waals surface area contributed by atoms with E-state index in [1.54, 1.807) is 22.9 Å². The second kappa shape index (κ2) is 8.14. The van der Waals surface area contributed by atoms with Gasteiger partial charge >= 0.3 is 5.97 Å². The molecular weight excluding hydrogens is 418 g/mol. The average Bonchev–Trinajstić information content (AvgIpc) is 2.98. The highest BCUT2D eigenvalue weighted by molar-refractivity contribution is 7.92. The molecule has 0 amide bonds. The largest absolute Gasteiger partial charge is 0.480 e. The summed E-state index contributed by atoms with van der Waals surface area (Å²) in [6.45, 7) is 3.21. The van der Waals surface area contributed by atoms with E-state index >= 15 is 0 Å². The Kier molecular flexibility index (Phi) is 5.81. The fourth-order valence-corrected chi connectivity index (χ4v) is 4.09. The number of nitrogens with zero attached hydrogens (tertiary/aromatic N) is 2. The second-order valence-corrected chi connectivity index (χ2v) is 8.36. The Hall–Kier alpha value is -3.04. The third-order valence-corrected chi connectivity index (χ3v) is 5.59. The lowest BCUT2D eigenvalue weighted by Gasteiger charge is -2.12. The number of anilines is 1. The van der Waals surface area contributed by atoms with Crippen LogP contribution in [0.4, 0.5) is 5.69 Å². The van der Waals surface area contributed by atoms with Gasteiger partial charge < -0.3 is 9.84 Å². The van der Waals surface area contributed by atoms with Gasteiger partial charge in [0.25, 0.3) is 10.0 Å². The molecule has 0 saturated carbocycles. The summed E-state index contributed by atoms with van der Waals surface area (Å²) in [5.41, 5.74) is 2.85. The number of carbonyl (C=O) groups is 1. The maximum absolute atomic E-state index is 12.7. The molecule has 0 atom stereocenters. The van der Waals surface area contributed by atoms with Crippen molar-refractivity contribution in [3.05, 3.63) is 64.9 Å². The van der Waals surface area contributed by atoms with Crippen LogP contribution in [0.2, 0.25) is 5.02 Å². The SMILES string of the molecule is Cc1cc(C)n(-c2cccc(NS(=O)(=O)c3ccc(OCC(=O)O)c(Cl)c3)c2)n1. The van der Waals surface area contributed by atoms with E-state index in [2.05, 4.69) is 9.82 Å². The van der Waals surface area contributed by atoms with Crippen LogP contribution >= 0.6 is 11.6 Å². The van der Waals surface area contributed by atoms with Crippen LogP contribution in [0.1, 0.15) is 11.4 Å². The number of benzene rings is 2. The minimum absolute atomic E-state index is 0.00878. The monoisotopic (exact) mass is 435 g/mol. The van der Waals surface area contributed by atoms with E-state index < -0.39 is 22.6 Å². The molecule has 2 aromatic carbocycles. The first-order valence-corrected chi connectivity index (χ1v) is 10.3. The van der Waals surface area contributed by atoms with Gasteiger partial charge in [-0.1, -0.05) is 17.7 Å². The molecule has 2 N–H and O–H groups in total. The fraction of sp³-hybridized carbons (Fsp3) is 0.158. The van der Waals surface area contributed by atoms with Crippen molar-refractivity contribution in [1.29, 1.82) is 0 Å². The fourth-order valence-electron chi connectivity index (χ4n) is 2.71.